The van der Waals surface area contributed by atoms with E-state index in [9.17, 15) is 13.6 Å². The number of aromatic nitrogens is 4. The highest BCUT2D eigenvalue weighted by Crippen LogP contribution is 2.23. The van der Waals surface area contributed by atoms with E-state index in [4.69, 9.17) is 0 Å². The van der Waals surface area contributed by atoms with Gasteiger partial charge >= 0.3 is 0 Å². The lowest BCUT2D eigenvalue weighted by Gasteiger charge is -2.24. The van der Waals surface area contributed by atoms with Crippen LogP contribution < -0.4 is 5.32 Å². The van der Waals surface area contributed by atoms with E-state index in [2.05, 4.69) is 20.8 Å². The topological polar surface area (TPSA) is 75.9 Å². The lowest BCUT2D eigenvalue weighted by molar-refractivity contribution is -0.120. The molecule has 1 fully saturated rings. The van der Waals surface area contributed by atoms with Crippen LogP contribution in [0.2, 0.25) is 0 Å². The molecule has 1 atom stereocenters. The van der Waals surface area contributed by atoms with Crippen molar-refractivity contribution in [1.29, 1.82) is 0 Å². The van der Waals surface area contributed by atoms with Crippen LogP contribution in [0, 0.1) is 11.6 Å². The molecule has 0 bridgehead atoms. The first-order valence-electron chi connectivity index (χ1n) is 8.92. The average molecular weight is 384 g/mol. The van der Waals surface area contributed by atoms with Crippen molar-refractivity contribution in [2.45, 2.75) is 25.4 Å². The second kappa shape index (κ2) is 7.81. The normalized spacial score (nSPS) is 17.0. The quantitative estimate of drug-likeness (QED) is 0.732. The van der Waals surface area contributed by atoms with Gasteiger partial charge in [-0.25, -0.2) is 13.5 Å². The molecule has 3 aromatic rings. The molecular weight excluding hydrogens is 366 g/mol. The van der Waals surface area contributed by atoms with Gasteiger partial charge in [-0.1, -0.05) is 6.07 Å². The van der Waals surface area contributed by atoms with Crippen molar-refractivity contribution >= 4 is 11.6 Å². The number of carbonyl (C=O) groups excluding carboxylic acids is 1. The molecule has 4 rings (SSSR count). The monoisotopic (exact) mass is 384 g/mol. The molecule has 28 heavy (non-hydrogen) atoms. The molecule has 9 heteroatoms. The maximum atomic E-state index is 14.0. The van der Waals surface area contributed by atoms with Crippen LogP contribution in [0.3, 0.4) is 0 Å². The van der Waals surface area contributed by atoms with Crippen molar-refractivity contribution in [2.75, 3.05) is 11.9 Å². The van der Waals surface area contributed by atoms with Crippen molar-refractivity contribution < 1.29 is 13.6 Å². The number of amides is 1. The maximum Gasteiger partial charge on any atom is 0.241 e. The average Bonchev–Trinajstić information content (AvgIpc) is 3.37. The Hall–Kier alpha value is -3.20. The number of carbonyl (C=O) groups is 1. The Morgan fingerprint density at radius 2 is 2.11 bits per heavy atom. The van der Waals surface area contributed by atoms with Crippen molar-refractivity contribution in [3.8, 4) is 5.69 Å². The van der Waals surface area contributed by atoms with Crippen LogP contribution in [-0.4, -0.2) is 43.6 Å². The maximum absolute atomic E-state index is 14.0. The van der Waals surface area contributed by atoms with Crippen molar-refractivity contribution in [1.82, 2.24) is 25.1 Å². The molecular formula is C19H18F2N6O. The summed E-state index contributed by atoms with van der Waals surface area (Å²) in [5.74, 6) is -1.14. The Balaban J connectivity index is 1.47. The molecule has 1 unspecified atom stereocenters. The summed E-state index contributed by atoms with van der Waals surface area (Å²) in [4.78, 5) is 14.7. The molecule has 0 spiro atoms. The van der Waals surface area contributed by atoms with Gasteiger partial charge in [0, 0.05) is 17.8 Å². The van der Waals surface area contributed by atoms with Gasteiger partial charge in [0.1, 0.15) is 18.0 Å². The molecule has 2 heterocycles. The minimum Gasteiger partial charge on any atom is -0.325 e. The first-order valence-corrected chi connectivity index (χ1v) is 8.92. The van der Waals surface area contributed by atoms with Crippen molar-refractivity contribution in [2.24, 2.45) is 0 Å². The Morgan fingerprint density at radius 3 is 2.93 bits per heavy atom. The number of benzene rings is 2. The Labute approximate surface area is 160 Å². The molecule has 2 aromatic carbocycles. The fourth-order valence-corrected chi connectivity index (χ4v) is 3.43. The molecule has 0 radical (unpaired) electrons. The highest BCUT2D eigenvalue weighted by molar-refractivity contribution is 5.95. The zero-order valence-corrected chi connectivity index (χ0v) is 14.9. The SMILES string of the molecule is O=C(Nc1cccc(-n2cnnn2)c1)C1CCCN1Cc1cc(F)ccc1F. The lowest BCUT2D eigenvalue weighted by Crippen LogP contribution is -2.39. The van der Waals surface area contributed by atoms with Gasteiger partial charge in [-0.05, 0) is 66.2 Å². The molecule has 1 amide bonds. The highest BCUT2D eigenvalue weighted by Gasteiger charge is 2.31. The second-order valence-corrected chi connectivity index (χ2v) is 6.66. The second-order valence-electron chi connectivity index (χ2n) is 6.66. The van der Waals surface area contributed by atoms with E-state index in [0.29, 0.717) is 24.3 Å². The number of rotatable bonds is 5. The third-order valence-corrected chi connectivity index (χ3v) is 4.77. The third kappa shape index (κ3) is 3.89. The summed E-state index contributed by atoms with van der Waals surface area (Å²) < 4.78 is 28.9. The van der Waals surface area contributed by atoms with E-state index in [1.165, 1.54) is 17.1 Å². The number of tetrazole rings is 1. The molecule has 1 saturated heterocycles. The van der Waals surface area contributed by atoms with Crippen LogP contribution in [0.5, 0.6) is 0 Å². The first-order chi connectivity index (χ1) is 13.6. The zero-order chi connectivity index (χ0) is 19.5. The minimum absolute atomic E-state index is 0.178. The Bertz CT molecular complexity index is 978. The van der Waals surface area contributed by atoms with Gasteiger partial charge in [0.05, 0.1) is 11.7 Å². The van der Waals surface area contributed by atoms with Crippen LogP contribution in [0.25, 0.3) is 5.69 Å². The summed E-state index contributed by atoms with van der Waals surface area (Å²) in [6.07, 6.45) is 2.95. The predicted molar refractivity (Wildman–Crippen MR) is 97.6 cm³/mol. The first kappa shape index (κ1) is 18.2. The number of hydrogen-bond acceptors (Lipinski definition) is 5. The predicted octanol–water partition coefficient (Wildman–Crippen LogP) is 2.54. The van der Waals surface area contributed by atoms with Gasteiger partial charge in [0.2, 0.25) is 5.91 Å². The minimum atomic E-state index is -0.490. The van der Waals surface area contributed by atoms with Crippen LogP contribution >= 0.6 is 0 Å². The summed E-state index contributed by atoms with van der Waals surface area (Å²) in [5.41, 5.74) is 1.58. The van der Waals surface area contributed by atoms with Crippen LogP contribution in [0.15, 0.2) is 48.8 Å². The molecule has 1 N–H and O–H groups in total. The van der Waals surface area contributed by atoms with Gasteiger partial charge in [0.15, 0.2) is 0 Å². The molecule has 1 aliphatic rings. The van der Waals surface area contributed by atoms with Crippen LogP contribution in [-0.2, 0) is 11.3 Å². The van der Waals surface area contributed by atoms with E-state index in [1.54, 1.807) is 18.2 Å². The van der Waals surface area contributed by atoms with E-state index in [-0.39, 0.29) is 18.0 Å². The molecule has 1 aliphatic heterocycles. The van der Waals surface area contributed by atoms with E-state index in [0.717, 1.165) is 18.6 Å². The fraction of sp³-hybridized carbons (Fsp3) is 0.263. The number of halogens is 2. The van der Waals surface area contributed by atoms with Gasteiger partial charge in [-0.2, -0.15) is 0 Å². The number of nitrogens with zero attached hydrogens (tertiary/aromatic N) is 5. The standard InChI is InChI=1S/C19H18F2N6O/c20-14-6-7-17(21)13(9-14)11-26-8-2-5-18(26)19(28)23-15-3-1-4-16(10-15)27-12-22-24-25-27/h1,3-4,6-7,9-10,12,18H,2,5,8,11H2,(H,23,28). The molecule has 0 saturated carbocycles. The van der Waals surface area contributed by atoms with Gasteiger partial charge in [-0.3, -0.25) is 9.69 Å². The highest BCUT2D eigenvalue weighted by atomic mass is 19.1. The van der Waals surface area contributed by atoms with Gasteiger partial charge in [-0.15, -0.1) is 5.10 Å². The summed E-state index contributed by atoms with van der Waals surface area (Å²) in [5, 5.41) is 13.9. The van der Waals surface area contributed by atoms with Gasteiger partial charge in [0.25, 0.3) is 0 Å². The van der Waals surface area contributed by atoms with Crippen LogP contribution in [0.1, 0.15) is 18.4 Å². The van der Waals surface area contributed by atoms with Crippen LogP contribution in [0.4, 0.5) is 14.5 Å². The molecule has 1 aromatic heterocycles. The zero-order valence-electron chi connectivity index (χ0n) is 14.9. The summed E-state index contributed by atoms with van der Waals surface area (Å²) in [6, 6.07) is 10.1. The summed E-state index contributed by atoms with van der Waals surface area (Å²) >= 11 is 0. The van der Waals surface area contributed by atoms with E-state index in [1.807, 2.05) is 11.0 Å². The number of hydrogen-bond donors (Lipinski definition) is 1. The fourth-order valence-electron chi connectivity index (χ4n) is 3.43. The Kier molecular flexibility index (Phi) is 5.07. The summed E-state index contributed by atoms with van der Waals surface area (Å²) in [7, 11) is 0. The van der Waals surface area contributed by atoms with E-state index >= 15 is 0 Å². The third-order valence-electron chi connectivity index (χ3n) is 4.77. The largest absolute Gasteiger partial charge is 0.325 e. The van der Waals surface area contributed by atoms with Crippen molar-refractivity contribution in [3.63, 3.8) is 0 Å². The Morgan fingerprint density at radius 1 is 1.21 bits per heavy atom. The molecule has 7 nitrogen and oxygen atoms in total. The molecule has 0 aliphatic carbocycles. The van der Waals surface area contributed by atoms with Crippen molar-refractivity contribution in [3.05, 3.63) is 66.0 Å². The number of likely N-dealkylation sites (tertiary alicyclic amines) is 1. The lowest BCUT2D eigenvalue weighted by atomic mass is 10.1. The van der Waals surface area contributed by atoms with Gasteiger partial charge < -0.3 is 5.32 Å². The molecule has 144 valence electrons. The smallest absolute Gasteiger partial charge is 0.241 e. The number of nitrogens with one attached hydrogen (secondary N) is 1. The van der Waals surface area contributed by atoms with E-state index < -0.39 is 17.7 Å². The summed E-state index contributed by atoms with van der Waals surface area (Å²) in [6.45, 7) is 0.838. The number of anilines is 1.